The van der Waals surface area contributed by atoms with Crippen LogP contribution in [0.4, 0.5) is 0 Å². The van der Waals surface area contributed by atoms with Crippen LogP contribution in [0.15, 0.2) is 41.5 Å². The normalized spacial score (nSPS) is 11.0. The van der Waals surface area contributed by atoms with E-state index < -0.39 is 0 Å². The van der Waals surface area contributed by atoms with Crippen LogP contribution in [0.5, 0.6) is 17.4 Å². The highest BCUT2D eigenvalue weighted by atomic mass is 16.5. The predicted molar refractivity (Wildman–Crippen MR) is 102 cm³/mol. The molecule has 0 saturated carbocycles. The number of nitrogens with one attached hydrogen (secondary N) is 2. The van der Waals surface area contributed by atoms with Gasteiger partial charge in [-0.2, -0.15) is 0 Å². The fourth-order valence-corrected chi connectivity index (χ4v) is 2.35. The Hall–Kier alpha value is -2.96. The van der Waals surface area contributed by atoms with E-state index in [0.29, 0.717) is 19.0 Å². The molecule has 0 radical (unpaired) electrons. The van der Waals surface area contributed by atoms with Crippen molar-refractivity contribution in [1.82, 2.24) is 15.6 Å². The third-order valence-electron chi connectivity index (χ3n) is 3.71. The Balaban J connectivity index is 2.05. The van der Waals surface area contributed by atoms with Crippen LogP contribution in [0.3, 0.4) is 0 Å². The summed E-state index contributed by atoms with van der Waals surface area (Å²) in [6, 6.07) is 9.54. The summed E-state index contributed by atoms with van der Waals surface area (Å²) in [5.74, 6) is 2.84. The van der Waals surface area contributed by atoms with Crippen LogP contribution in [-0.2, 0) is 13.1 Å². The third-order valence-corrected chi connectivity index (χ3v) is 3.71. The van der Waals surface area contributed by atoms with E-state index in [1.54, 1.807) is 27.5 Å². The second-order valence-corrected chi connectivity index (χ2v) is 5.43. The van der Waals surface area contributed by atoms with Gasteiger partial charge in [-0.3, -0.25) is 0 Å². The number of methoxy groups -OCH3 is 3. The fraction of sp³-hybridized carbons (Fsp3) is 0.368. The maximum atomic E-state index is 5.43. The molecule has 1 aromatic carbocycles. The number of hydrogen-bond donors (Lipinski definition) is 2. The first-order valence-electron chi connectivity index (χ1n) is 8.42. The Morgan fingerprint density at radius 2 is 1.88 bits per heavy atom. The molecule has 1 aromatic heterocycles. The van der Waals surface area contributed by atoms with Crippen molar-refractivity contribution in [3.05, 3.63) is 47.7 Å². The summed E-state index contributed by atoms with van der Waals surface area (Å²) in [5.41, 5.74) is 2.04. The van der Waals surface area contributed by atoms with Crippen molar-refractivity contribution in [3.8, 4) is 17.4 Å². The van der Waals surface area contributed by atoms with Gasteiger partial charge in [-0.05, 0) is 30.7 Å². The summed E-state index contributed by atoms with van der Waals surface area (Å²) in [6.45, 7) is 3.90. The number of pyridine rings is 1. The van der Waals surface area contributed by atoms with Gasteiger partial charge in [0.25, 0.3) is 0 Å². The van der Waals surface area contributed by atoms with Crippen molar-refractivity contribution in [2.45, 2.75) is 20.0 Å². The van der Waals surface area contributed by atoms with Gasteiger partial charge in [0.2, 0.25) is 5.88 Å². The quantitative estimate of drug-likeness (QED) is 0.557. The first-order chi connectivity index (χ1) is 12.7. The Morgan fingerprint density at radius 3 is 2.58 bits per heavy atom. The molecule has 7 heteroatoms. The number of aromatic nitrogens is 1. The molecule has 26 heavy (non-hydrogen) atoms. The van der Waals surface area contributed by atoms with E-state index in [4.69, 9.17) is 14.2 Å². The van der Waals surface area contributed by atoms with Crippen molar-refractivity contribution in [1.29, 1.82) is 0 Å². The SMILES string of the molecule is CCNC(=NCc1ccnc(OC)c1)NCc1ccc(OC)cc1OC. The zero-order valence-corrected chi connectivity index (χ0v) is 15.7. The molecule has 2 N–H and O–H groups in total. The molecule has 2 rings (SSSR count). The molecule has 140 valence electrons. The largest absolute Gasteiger partial charge is 0.497 e. The van der Waals surface area contributed by atoms with Crippen molar-refractivity contribution >= 4 is 5.96 Å². The third kappa shape index (κ3) is 5.54. The second kappa shape index (κ2) is 10.1. The van der Waals surface area contributed by atoms with Gasteiger partial charge in [0, 0.05) is 37.0 Å². The van der Waals surface area contributed by atoms with Gasteiger partial charge >= 0.3 is 0 Å². The number of rotatable bonds is 8. The van der Waals surface area contributed by atoms with E-state index in [2.05, 4.69) is 20.6 Å². The van der Waals surface area contributed by atoms with Crippen LogP contribution in [0.1, 0.15) is 18.1 Å². The maximum absolute atomic E-state index is 5.43. The average molecular weight is 358 g/mol. The molecule has 0 aliphatic heterocycles. The Morgan fingerprint density at radius 1 is 1.04 bits per heavy atom. The molecular formula is C19H26N4O3. The van der Waals surface area contributed by atoms with Crippen molar-refractivity contribution in [2.24, 2.45) is 4.99 Å². The van der Waals surface area contributed by atoms with E-state index in [9.17, 15) is 0 Å². The van der Waals surface area contributed by atoms with Gasteiger partial charge in [-0.1, -0.05) is 0 Å². The van der Waals surface area contributed by atoms with Crippen molar-refractivity contribution < 1.29 is 14.2 Å². The van der Waals surface area contributed by atoms with Crippen LogP contribution in [0.25, 0.3) is 0 Å². The highest BCUT2D eigenvalue weighted by Gasteiger charge is 2.06. The number of ether oxygens (including phenoxy) is 3. The van der Waals surface area contributed by atoms with Crippen molar-refractivity contribution in [3.63, 3.8) is 0 Å². The van der Waals surface area contributed by atoms with Crippen LogP contribution >= 0.6 is 0 Å². The zero-order chi connectivity index (χ0) is 18.8. The molecule has 0 unspecified atom stereocenters. The highest BCUT2D eigenvalue weighted by Crippen LogP contribution is 2.24. The van der Waals surface area contributed by atoms with E-state index in [1.807, 2.05) is 37.3 Å². The van der Waals surface area contributed by atoms with Gasteiger partial charge in [-0.25, -0.2) is 9.98 Å². The number of nitrogens with zero attached hydrogens (tertiary/aromatic N) is 2. The molecule has 0 bridgehead atoms. The summed E-state index contributed by atoms with van der Waals surface area (Å²) in [6.07, 6.45) is 1.71. The molecule has 0 spiro atoms. The number of aliphatic imine (C=N–C) groups is 1. The van der Waals surface area contributed by atoms with Crippen LogP contribution in [0.2, 0.25) is 0 Å². The lowest BCUT2D eigenvalue weighted by Gasteiger charge is -2.14. The molecule has 0 aliphatic carbocycles. The summed E-state index contributed by atoms with van der Waals surface area (Å²) in [4.78, 5) is 8.71. The van der Waals surface area contributed by atoms with Gasteiger partial charge in [0.05, 0.1) is 27.9 Å². The molecular weight excluding hydrogens is 332 g/mol. The molecule has 0 fully saturated rings. The lowest BCUT2D eigenvalue weighted by molar-refractivity contribution is 0.390. The van der Waals surface area contributed by atoms with Gasteiger partial charge < -0.3 is 24.8 Å². The van der Waals surface area contributed by atoms with E-state index in [0.717, 1.165) is 35.1 Å². The minimum absolute atomic E-state index is 0.522. The molecule has 2 aromatic rings. The standard InChI is InChI=1S/C19H26N4O3/c1-5-20-19(22-12-14-8-9-21-18(10-14)26-4)23-13-15-6-7-16(24-2)11-17(15)25-3/h6-11H,5,12-13H2,1-4H3,(H2,20,22,23). The smallest absolute Gasteiger partial charge is 0.213 e. The van der Waals surface area contributed by atoms with Gasteiger partial charge in [0.1, 0.15) is 11.5 Å². The Kier molecular flexibility index (Phi) is 7.54. The Labute approximate surface area is 154 Å². The van der Waals surface area contributed by atoms with Crippen LogP contribution in [-0.4, -0.2) is 38.8 Å². The second-order valence-electron chi connectivity index (χ2n) is 5.43. The summed E-state index contributed by atoms with van der Waals surface area (Å²) >= 11 is 0. The molecule has 7 nitrogen and oxygen atoms in total. The van der Waals surface area contributed by atoms with E-state index in [-0.39, 0.29) is 0 Å². The minimum Gasteiger partial charge on any atom is -0.497 e. The summed E-state index contributed by atoms with van der Waals surface area (Å²) < 4.78 is 15.8. The summed E-state index contributed by atoms with van der Waals surface area (Å²) in [7, 11) is 4.88. The molecule has 1 heterocycles. The molecule has 0 aliphatic rings. The minimum atomic E-state index is 0.522. The fourth-order valence-electron chi connectivity index (χ4n) is 2.35. The topological polar surface area (TPSA) is 77.0 Å². The zero-order valence-electron chi connectivity index (χ0n) is 15.7. The van der Waals surface area contributed by atoms with E-state index in [1.165, 1.54) is 0 Å². The predicted octanol–water partition coefficient (Wildman–Crippen LogP) is 2.36. The number of guanidine groups is 1. The lowest BCUT2D eigenvalue weighted by atomic mass is 10.2. The number of hydrogen-bond acceptors (Lipinski definition) is 5. The van der Waals surface area contributed by atoms with E-state index >= 15 is 0 Å². The molecule has 0 amide bonds. The number of benzene rings is 1. The first kappa shape index (κ1) is 19.4. The molecule has 0 atom stereocenters. The van der Waals surface area contributed by atoms with Gasteiger partial charge in [0.15, 0.2) is 5.96 Å². The van der Waals surface area contributed by atoms with Crippen LogP contribution in [0, 0.1) is 0 Å². The van der Waals surface area contributed by atoms with Gasteiger partial charge in [-0.15, -0.1) is 0 Å². The lowest BCUT2D eigenvalue weighted by Crippen LogP contribution is -2.36. The van der Waals surface area contributed by atoms with Crippen LogP contribution < -0.4 is 24.8 Å². The van der Waals surface area contributed by atoms with Crippen molar-refractivity contribution in [2.75, 3.05) is 27.9 Å². The molecule has 0 saturated heterocycles. The Bertz CT molecular complexity index is 734. The monoisotopic (exact) mass is 358 g/mol. The maximum Gasteiger partial charge on any atom is 0.213 e. The average Bonchev–Trinajstić information content (AvgIpc) is 2.70. The first-order valence-corrected chi connectivity index (χ1v) is 8.42. The summed E-state index contributed by atoms with van der Waals surface area (Å²) in [5, 5.41) is 6.56. The highest BCUT2D eigenvalue weighted by molar-refractivity contribution is 5.79.